The third-order valence-electron chi connectivity index (χ3n) is 3.84. The van der Waals surface area contributed by atoms with Gasteiger partial charge in [0.15, 0.2) is 5.78 Å². The number of nitrogens with zero attached hydrogens (tertiary/aromatic N) is 2. The van der Waals surface area contributed by atoms with Crippen LogP contribution in [0.1, 0.15) is 24.2 Å². The van der Waals surface area contributed by atoms with E-state index in [0.29, 0.717) is 29.0 Å². The fraction of sp³-hybridized carbons (Fsp3) is 0.250. The Morgan fingerprint density at radius 1 is 1.07 bits per heavy atom. The molecule has 0 aliphatic heterocycles. The quantitative estimate of drug-likeness (QED) is 0.418. The zero-order chi connectivity index (χ0) is 19.2. The zero-order valence-electron chi connectivity index (χ0n) is 15.3. The number of hydrogen-bond donors (Lipinski definition) is 0. The minimum absolute atomic E-state index is 0.0107. The van der Waals surface area contributed by atoms with E-state index in [2.05, 4.69) is 10.2 Å². The first-order valence-corrected chi connectivity index (χ1v) is 9.40. The molecule has 0 spiro atoms. The van der Waals surface area contributed by atoms with Gasteiger partial charge >= 0.3 is 0 Å². The lowest BCUT2D eigenvalue weighted by molar-refractivity contribution is 0.0993. The minimum atomic E-state index is -0.355. The van der Waals surface area contributed by atoms with Gasteiger partial charge in [0.05, 0.1) is 19.0 Å². The summed E-state index contributed by atoms with van der Waals surface area (Å²) in [6.45, 7) is 4.36. The number of carbonyl (C=O) groups excluding carboxylic acids is 1. The standard InChI is InChI=1S/C20H20N2O4S/c1-4-25-17-11-7-15(8-12-17)19-21-22-20(26-19)27-13(2)18(23)14-5-9-16(24-3)10-6-14/h5-13H,4H2,1-3H3/t13-/m1/s1. The highest BCUT2D eigenvalue weighted by Crippen LogP contribution is 2.28. The Hall–Kier alpha value is -2.80. The van der Waals surface area contributed by atoms with E-state index in [-0.39, 0.29) is 11.0 Å². The van der Waals surface area contributed by atoms with Crippen LogP contribution >= 0.6 is 11.8 Å². The molecule has 1 aromatic heterocycles. The fourth-order valence-electron chi connectivity index (χ4n) is 2.43. The molecule has 2 aromatic carbocycles. The summed E-state index contributed by atoms with van der Waals surface area (Å²) in [6, 6.07) is 14.5. The van der Waals surface area contributed by atoms with Crippen LogP contribution in [0, 0.1) is 0 Å². The highest BCUT2D eigenvalue weighted by molar-refractivity contribution is 8.00. The van der Waals surface area contributed by atoms with E-state index in [0.717, 1.165) is 11.3 Å². The predicted molar refractivity (Wildman–Crippen MR) is 104 cm³/mol. The van der Waals surface area contributed by atoms with Crippen LogP contribution in [-0.4, -0.2) is 34.9 Å². The number of ketones is 1. The van der Waals surface area contributed by atoms with Crippen molar-refractivity contribution in [1.29, 1.82) is 0 Å². The fourth-order valence-corrected chi connectivity index (χ4v) is 3.19. The van der Waals surface area contributed by atoms with Gasteiger partial charge < -0.3 is 13.9 Å². The molecular weight excluding hydrogens is 364 g/mol. The molecule has 3 aromatic rings. The summed E-state index contributed by atoms with van der Waals surface area (Å²) in [5.41, 5.74) is 1.41. The molecule has 6 nitrogen and oxygen atoms in total. The number of ether oxygens (including phenoxy) is 2. The first-order chi connectivity index (χ1) is 13.1. The van der Waals surface area contributed by atoms with E-state index in [9.17, 15) is 4.79 Å². The van der Waals surface area contributed by atoms with E-state index in [1.165, 1.54) is 11.8 Å². The second kappa shape index (κ2) is 8.73. The number of Topliss-reactive ketones (excluding diaryl/α,β-unsaturated/α-hetero) is 1. The van der Waals surface area contributed by atoms with E-state index in [4.69, 9.17) is 13.9 Å². The van der Waals surface area contributed by atoms with Crippen molar-refractivity contribution in [3.05, 3.63) is 54.1 Å². The number of rotatable bonds is 8. The highest BCUT2D eigenvalue weighted by atomic mass is 32.2. The maximum Gasteiger partial charge on any atom is 0.277 e. The molecule has 0 N–H and O–H groups in total. The smallest absolute Gasteiger partial charge is 0.277 e. The lowest BCUT2D eigenvalue weighted by Crippen LogP contribution is -2.13. The third-order valence-corrected chi connectivity index (χ3v) is 4.77. The topological polar surface area (TPSA) is 74.5 Å². The highest BCUT2D eigenvalue weighted by Gasteiger charge is 2.20. The van der Waals surface area contributed by atoms with Crippen molar-refractivity contribution in [2.75, 3.05) is 13.7 Å². The summed E-state index contributed by atoms with van der Waals surface area (Å²) in [7, 11) is 1.59. The minimum Gasteiger partial charge on any atom is -0.497 e. The van der Waals surface area contributed by atoms with Crippen LogP contribution in [-0.2, 0) is 0 Å². The number of benzene rings is 2. The first kappa shape index (κ1) is 19.0. The molecule has 0 aliphatic rings. The summed E-state index contributed by atoms with van der Waals surface area (Å²) < 4.78 is 16.2. The summed E-state index contributed by atoms with van der Waals surface area (Å²) in [4.78, 5) is 12.6. The normalized spacial score (nSPS) is 11.8. The Morgan fingerprint density at radius 3 is 2.37 bits per heavy atom. The molecule has 1 atom stereocenters. The molecule has 0 unspecified atom stereocenters. The Morgan fingerprint density at radius 2 is 1.74 bits per heavy atom. The van der Waals surface area contributed by atoms with Gasteiger partial charge in [-0.1, -0.05) is 11.8 Å². The summed E-state index contributed by atoms with van der Waals surface area (Å²) in [5, 5.41) is 8.10. The summed E-state index contributed by atoms with van der Waals surface area (Å²) in [5.74, 6) is 1.89. The molecule has 1 heterocycles. The van der Waals surface area contributed by atoms with E-state index >= 15 is 0 Å². The summed E-state index contributed by atoms with van der Waals surface area (Å²) in [6.07, 6.45) is 0. The van der Waals surface area contributed by atoms with E-state index in [1.807, 2.05) is 38.1 Å². The van der Waals surface area contributed by atoms with Gasteiger partial charge in [-0.25, -0.2) is 0 Å². The first-order valence-electron chi connectivity index (χ1n) is 8.52. The van der Waals surface area contributed by atoms with Crippen molar-refractivity contribution in [2.24, 2.45) is 0 Å². The Bertz CT molecular complexity index is 891. The number of thioether (sulfide) groups is 1. The van der Waals surface area contributed by atoms with Crippen LogP contribution in [0.3, 0.4) is 0 Å². The molecule has 0 bridgehead atoms. The number of aromatic nitrogens is 2. The maximum absolute atomic E-state index is 12.6. The van der Waals surface area contributed by atoms with Gasteiger partial charge in [-0.2, -0.15) is 0 Å². The van der Waals surface area contributed by atoms with Crippen molar-refractivity contribution in [3.8, 4) is 23.0 Å². The number of hydrogen-bond acceptors (Lipinski definition) is 7. The molecule has 0 amide bonds. The lowest BCUT2D eigenvalue weighted by Gasteiger charge is -2.08. The van der Waals surface area contributed by atoms with Crippen LogP contribution in [0.5, 0.6) is 11.5 Å². The van der Waals surface area contributed by atoms with Gasteiger partial charge in [-0.05, 0) is 62.4 Å². The molecule has 0 aliphatic carbocycles. The number of methoxy groups -OCH3 is 1. The van der Waals surface area contributed by atoms with Crippen molar-refractivity contribution in [1.82, 2.24) is 10.2 Å². The number of carbonyl (C=O) groups is 1. The van der Waals surface area contributed by atoms with Gasteiger partial charge in [-0.15, -0.1) is 10.2 Å². The predicted octanol–water partition coefficient (Wildman–Crippen LogP) is 4.51. The SMILES string of the molecule is CCOc1ccc(-c2nnc(S[C@H](C)C(=O)c3ccc(OC)cc3)o2)cc1. The van der Waals surface area contributed by atoms with Crippen LogP contribution < -0.4 is 9.47 Å². The van der Waals surface area contributed by atoms with Crippen molar-refractivity contribution in [2.45, 2.75) is 24.3 Å². The van der Waals surface area contributed by atoms with Gasteiger partial charge in [0.2, 0.25) is 5.89 Å². The third kappa shape index (κ3) is 4.68. The van der Waals surface area contributed by atoms with Gasteiger partial charge in [-0.3, -0.25) is 4.79 Å². The second-order valence-corrected chi connectivity index (χ2v) is 6.98. The molecule has 27 heavy (non-hydrogen) atoms. The van der Waals surface area contributed by atoms with Crippen molar-refractivity contribution in [3.63, 3.8) is 0 Å². The average Bonchev–Trinajstić information content (AvgIpc) is 3.16. The molecule has 140 valence electrons. The molecule has 0 saturated heterocycles. The molecule has 0 saturated carbocycles. The largest absolute Gasteiger partial charge is 0.497 e. The van der Waals surface area contributed by atoms with Crippen LogP contribution in [0.4, 0.5) is 0 Å². The average molecular weight is 384 g/mol. The van der Waals surface area contributed by atoms with Gasteiger partial charge in [0.1, 0.15) is 11.5 Å². The van der Waals surface area contributed by atoms with Gasteiger partial charge in [0, 0.05) is 11.1 Å². The zero-order valence-corrected chi connectivity index (χ0v) is 16.2. The Kier molecular flexibility index (Phi) is 6.13. The monoisotopic (exact) mass is 384 g/mol. The van der Waals surface area contributed by atoms with Gasteiger partial charge in [0.25, 0.3) is 5.22 Å². The van der Waals surface area contributed by atoms with Crippen LogP contribution in [0.2, 0.25) is 0 Å². The van der Waals surface area contributed by atoms with E-state index in [1.54, 1.807) is 31.4 Å². The Balaban J connectivity index is 1.66. The molecule has 7 heteroatoms. The second-order valence-electron chi connectivity index (χ2n) is 5.68. The van der Waals surface area contributed by atoms with Crippen molar-refractivity contribution >= 4 is 17.5 Å². The molecule has 0 fully saturated rings. The van der Waals surface area contributed by atoms with Crippen LogP contribution in [0.25, 0.3) is 11.5 Å². The molecule has 3 rings (SSSR count). The molecule has 0 radical (unpaired) electrons. The maximum atomic E-state index is 12.6. The van der Waals surface area contributed by atoms with Crippen LogP contribution in [0.15, 0.2) is 58.2 Å². The Labute approximate surface area is 161 Å². The van der Waals surface area contributed by atoms with E-state index < -0.39 is 0 Å². The summed E-state index contributed by atoms with van der Waals surface area (Å²) >= 11 is 1.24. The van der Waals surface area contributed by atoms with Crippen molar-refractivity contribution < 1.29 is 18.7 Å². The molecular formula is C20H20N2O4S. The lowest BCUT2D eigenvalue weighted by atomic mass is 10.1.